The lowest BCUT2D eigenvalue weighted by Crippen LogP contribution is -2.12. The zero-order valence-corrected chi connectivity index (χ0v) is 7.86. The molecule has 5 nitrogen and oxygen atoms in total. The number of aromatic hydroxyl groups is 1. The van der Waals surface area contributed by atoms with E-state index in [0.717, 1.165) is 0 Å². The predicted molar refractivity (Wildman–Crippen MR) is 56.7 cm³/mol. The Balaban J connectivity index is 2.68. The molecule has 0 aliphatic carbocycles. The van der Waals surface area contributed by atoms with Crippen LogP contribution >= 0.6 is 0 Å². The molecular weight excluding hydrogens is 192 g/mol. The van der Waals surface area contributed by atoms with Gasteiger partial charge in [-0.2, -0.15) is 5.10 Å². The summed E-state index contributed by atoms with van der Waals surface area (Å²) in [4.78, 5) is 0. The molecule has 0 atom stereocenters. The van der Waals surface area contributed by atoms with Gasteiger partial charge >= 0.3 is 0 Å². The zero-order valence-electron chi connectivity index (χ0n) is 7.86. The van der Waals surface area contributed by atoms with Crippen molar-refractivity contribution >= 4 is 5.84 Å². The summed E-state index contributed by atoms with van der Waals surface area (Å²) in [5.74, 6) is -0.0290. The lowest BCUT2D eigenvalue weighted by atomic mass is 10.0. The number of phenolic OH excluding ortho intramolecular Hbond substituents is 1. The molecule has 0 unspecified atom stereocenters. The van der Waals surface area contributed by atoms with Gasteiger partial charge in [-0.1, -0.05) is 12.1 Å². The summed E-state index contributed by atoms with van der Waals surface area (Å²) in [5, 5.41) is 23.7. The maximum Gasteiger partial charge on any atom is 0.125 e. The minimum absolute atomic E-state index is 0.0646. The van der Waals surface area contributed by atoms with E-state index in [1.165, 1.54) is 6.07 Å². The number of hydrogen-bond donors (Lipinski definition) is 4. The number of nitrogens with one attached hydrogen (secondary N) is 2. The third kappa shape index (κ3) is 1.54. The molecule has 0 amide bonds. The zero-order chi connectivity index (χ0) is 10.8. The van der Waals surface area contributed by atoms with Crippen LogP contribution in [-0.4, -0.2) is 21.1 Å². The Bertz CT molecular complexity index is 490. The Morgan fingerprint density at radius 1 is 1.40 bits per heavy atom. The molecule has 0 aliphatic rings. The Hall–Kier alpha value is -2.30. The summed E-state index contributed by atoms with van der Waals surface area (Å²) in [6, 6.07) is 6.56. The summed E-state index contributed by atoms with van der Waals surface area (Å²) >= 11 is 0. The molecule has 1 heterocycles. The van der Waals surface area contributed by atoms with Gasteiger partial charge in [0.15, 0.2) is 0 Å². The standard InChI is InChI=1S/C10H10N4O/c11-10(12)6-2-1-3-8(15)9(6)7-4-5-13-14-7/h1-5,15H,(H3,11,12)(H,13,14). The highest BCUT2D eigenvalue weighted by Gasteiger charge is 2.13. The summed E-state index contributed by atoms with van der Waals surface area (Å²) in [5.41, 5.74) is 6.94. The third-order valence-corrected chi connectivity index (χ3v) is 2.09. The molecule has 0 radical (unpaired) electrons. The van der Waals surface area contributed by atoms with Gasteiger partial charge in [-0.3, -0.25) is 10.5 Å². The molecule has 15 heavy (non-hydrogen) atoms. The van der Waals surface area contributed by atoms with Gasteiger partial charge in [0.2, 0.25) is 0 Å². The second-order valence-corrected chi connectivity index (χ2v) is 3.07. The van der Waals surface area contributed by atoms with Crippen LogP contribution < -0.4 is 5.73 Å². The van der Waals surface area contributed by atoms with Crippen molar-refractivity contribution < 1.29 is 5.11 Å². The summed E-state index contributed by atoms with van der Waals surface area (Å²) in [7, 11) is 0. The van der Waals surface area contributed by atoms with Crippen LogP contribution in [0.4, 0.5) is 0 Å². The number of nitrogen functional groups attached to an aromatic ring is 1. The van der Waals surface area contributed by atoms with Gasteiger partial charge in [0.25, 0.3) is 0 Å². The van der Waals surface area contributed by atoms with Crippen molar-refractivity contribution in [2.75, 3.05) is 0 Å². The first kappa shape index (κ1) is 9.26. The van der Waals surface area contributed by atoms with Crippen molar-refractivity contribution in [1.29, 1.82) is 5.41 Å². The van der Waals surface area contributed by atoms with E-state index >= 15 is 0 Å². The van der Waals surface area contributed by atoms with Crippen LogP contribution in [0.15, 0.2) is 30.5 Å². The lowest BCUT2D eigenvalue weighted by Gasteiger charge is -2.07. The van der Waals surface area contributed by atoms with Crippen molar-refractivity contribution in [3.8, 4) is 17.0 Å². The number of aromatic amines is 1. The van der Waals surface area contributed by atoms with Gasteiger partial charge < -0.3 is 10.8 Å². The summed E-state index contributed by atoms with van der Waals surface area (Å²) < 4.78 is 0. The number of aromatic nitrogens is 2. The molecule has 1 aromatic carbocycles. The molecular formula is C10H10N4O. The fraction of sp³-hybridized carbons (Fsp3) is 0. The fourth-order valence-electron chi connectivity index (χ4n) is 1.43. The SMILES string of the molecule is N=C(N)c1cccc(O)c1-c1cc[nH]n1. The van der Waals surface area contributed by atoms with E-state index in [0.29, 0.717) is 16.8 Å². The smallest absolute Gasteiger partial charge is 0.125 e. The molecule has 0 aliphatic heterocycles. The van der Waals surface area contributed by atoms with Crippen molar-refractivity contribution in [1.82, 2.24) is 10.2 Å². The minimum Gasteiger partial charge on any atom is -0.507 e. The molecule has 76 valence electrons. The first-order valence-electron chi connectivity index (χ1n) is 4.36. The van der Waals surface area contributed by atoms with Crippen LogP contribution in [0.25, 0.3) is 11.3 Å². The van der Waals surface area contributed by atoms with Crippen LogP contribution in [0.3, 0.4) is 0 Å². The number of nitrogens with two attached hydrogens (primary N) is 1. The van der Waals surface area contributed by atoms with Crippen LogP contribution in [0.2, 0.25) is 0 Å². The Morgan fingerprint density at radius 3 is 2.80 bits per heavy atom. The second kappa shape index (κ2) is 3.45. The normalized spacial score (nSPS) is 10.1. The van der Waals surface area contributed by atoms with E-state index in [4.69, 9.17) is 11.1 Å². The number of H-pyrrole nitrogens is 1. The van der Waals surface area contributed by atoms with Crippen LogP contribution in [0, 0.1) is 5.41 Å². The van der Waals surface area contributed by atoms with E-state index in [2.05, 4.69) is 10.2 Å². The van der Waals surface area contributed by atoms with Gasteiger partial charge in [-0.15, -0.1) is 0 Å². The molecule has 2 aromatic rings. The topological polar surface area (TPSA) is 98.8 Å². The fourth-order valence-corrected chi connectivity index (χ4v) is 1.43. The predicted octanol–water partition coefficient (Wildman–Crippen LogP) is 1.07. The molecule has 0 bridgehead atoms. The minimum atomic E-state index is -0.0936. The lowest BCUT2D eigenvalue weighted by molar-refractivity contribution is 0.477. The maximum atomic E-state index is 9.71. The number of hydrogen-bond acceptors (Lipinski definition) is 3. The van der Waals surface area contributed by atoms with E-state index in [9.17, 15) is 5.11 Å². The molecule has 0 spiro atoms. The van der Waals surface area contributed by atoms with Gasteiger partial charge in [0.05, 0.1) is 11.3 Å². The van der Waals surface area contributed by atoms with Gasteiger partial charge in [-0.25, -0.2) is 0 Å². The monoisotopic (exact) mass is 202 g/mol. The molecule has 0 fully saturated rings. The Labute approximate surface area is 86.1 Å². The molecule has 1 aromatic heterocycles. The molecule has 5 heteroatoms. The highest BCUT2D eigenvalue weighted by Crippen LogP contribution is 2.30. The second-order valence-electron chi connectivity index (χ2n) is 3.07. The van der Waals surface area contributed by atoms with Crippen molar-refractivity contribution in [2.24, 2.45) is 5.73 Å². The average molecular weight is 202 g/mol. The number of amidine groups is 1. The van der Waals surface area contributed by atoms with E-state index in [-0.39, 0.29) is 11.6 Å². The highest BCUT2D eigenvalue weighted by atomic mass is 16.3. The van der Waals surface area contributed by atoms with Crippen LogP contribution in [0.5, 0.6) is 5.75 Å². The van der Waals surface area contributed by atoms with Crippen molar-refractivity contribution in [3.05, 3.63) is 36.0 Å². The molecule has 5 N–H and O–H groups in total. The number of nitrogens with zero attached hydrogens (tertiary/aromatic N) is 1. The quantitative estimate of drug-likeness (QED) is 0.433. The third-order valence-electron chi connectivity index (χ3n) is 2.09. The van der Waals surface area contributed by atoms with Crippen LogP contribution in [-0.2, 0) is 0 Å². The van der Waals surface area contributed by atoms with Gasteiger partial charge in [0.1, 0.15) is 11.6 Å². The van der Waals surface area contributed by atoms with Crippen LogP contribution in [0.1, 0.15) is 5.56 Å². The highest BCUT2D eigenvalue weighted by molar-refractivity contribution is 6.02. The first-order valence-corrected chi connectivity index (χ1v) is 4.36. The van der Waals surface area contributed by atoms with E-state index in [1.807, 2.05) is 0 Å². The molecule has 2 rings (SSSR count). The largest absolute Gasteiger partial charge is 0.507 e. The Morgan fingerprint density at radius 2 is 2.20 bits per heavy atom. The summed E-state index contributed by atoms with van der Waals surface area (Å²) in [6.45, 7) is 0. The Kier molecular flexibility index (Phi) is 2.13. The van der Waals surface area contributed by atoms with E-state index in [1.54, 1.807) is 24.4 Å². The molecule has 0 saturated carbocycles. The van der Waals surface area contributed by atoms with E-state index < -0.39 is 0 Å². The van der Waals surface area contributed by atoms with Gasteiger partial charge in [0, 0.05) is 11.8 Å². The van der Waals surface area contributed by atoms with Gasteiger partial charge in [-0.05, 0) is 12.1 Å². The maximum absolute atomic E-state index is 9.71. The number of benzene rings is 1. The average Bonchev–Trinajstić information content (AvgIpc) is 2.70. The number of rotatable bonds is 2. The number of phenols is 1. The molecule has 0 saturated heterocycles. The van der Waals surface area contributed by atoms with Crippen molar-refractivity contribution in [3.63, 3.8) is 0 Å². The summed E-state index contributed by atoms with van der Waals surface area (Å²) in [6.07, 6.45) is 1.64. The first-order chi connectivity index (χ1) is 7.20. The van der Waals surface area contributed by atoms with Crippen molar-refractivity contribution in [2.45, 2.75) is 0 Å².